The largest absolute Gasteiger partial charge is 0.507 e. The van der Waals surface area contributed by atoms with Gasteiger partial charge in [0.25, 0.3) is 5.91 Å². The van der Waals surface area contributed by atoms with Crippen LogP contribution < -0.4 is 11.1 Å². The van der Waals surface area contributed by atoms with Crippen molar-refractivity contribution < 1.29 is 14.3 Å². The highest BCUT2D eigenvalue weighted by Gasteiger charge is 2.20. The van der Waals surface area contributed by atoms with Crippen molar-refractivity contribution in [1.82, 2.24) is 5.32 Å². The number of nitrogens with one attached hydrogen (secondary N) is 1. The first-order valence-electron chi connectivity index (χ1n) is 5.55. The molecular weight excluding hydrogens is 255 g/mol. The van der Waals surface area contributed by atoms with Gasteiger partial charge < -0.3 is 16.2 Å². The molecule has 4 N–H and O–H groups in total. The highest BCUT2D eigenvalue weighted by molar-refractivity contribution is 7.80. The lowest BCUT2D eigenvalue weighted by molar-refractivity contribution is 0.0938. The van der Waals surface area contributed by atoms with Crippen LogP contribution >= 0.6 is 12.2 Å². The second-order valence-corrected chi connectivity index (χ2v) is 4.32. The number of nitrogens with two attached hydrogens (primary N) is 1. The van der Waals surface area contributed by atoms with Gasteiger partial charge in [0, 0.05) is 0 Å². The summed E-state index contributed by atoms with van der Waals surface area (Å²) in [5, 5.41) is 12.0. The van der Waals surface area contributed by atoms with Crippen LogP contribution in [-0.2, 0) is 0 Å². The Morgan fingerprint density at radius 2 is 2.28 bits per heavy atom. The van der Waals surface area contributed by atoms with E-state index in [2.05, 4.69) is 5.32 Å². The molecule has 4 nitrogen and oxygen atoms in total. The maximum atomic E-state index is 13.5. The molecule has 0 fully saturated rings. The van der Waals surface area contributed by atoms with Gasteiger partial charge >= 0.3 is 0 Å². The Hall–Kier alpha value is -1.69. The number of aromatic hydroxyl groups is 1. The maximum Gasteiger partial charge on any atom is 0.258 e. The van der Waals surface area contributed by atoms with E-state index in [9.17, 15) is 14.3 Å². The number of halogens is 1. The van der Waals surface area contributed by atoms with E-state index in [1.54, 1.807) is 0 Å². The molecule has 0 aliphatic rings. The van der Waals surface area contributed by atoms with Crippen molar-refractivity contribution in [2.45, 2.75) is 25.8 Å². The van der Waals surface area contributed by atoms with Gasteiger partial charge in [0.2, 0.25) is 0 Å². The van der Waals surface area contributed by atoms with Crippen LogP contribution in [0.1, 0.15) is 30.1 Å². The fourth-order valence-electron chi connectivity index (χ4n) is 1.54. The highest BCUT2D eigenvalue weighted by atomic mass is 32.1. The molecule has 1 atom stereocenters. The van der Waals surface area contributed by atoms with E-state index in [4.69, 9.17) is 18.0 Å². The molecule has 0 spiro atoms. The van der Waals surface area contributed by atoms with E-state index in [1.807, 2.05) is 6.92 Å². The fraction of sp³-hybridized carbons (Fsp3) is 0.333. The summed E-state index contributed by atoms with van der Waals surface area (Å²) in [4.78, 5) is 12.0. The summed E-state index contributed by atoms with van der Waals surface area (Å²) in [6, 6.07) is 3.16. The zero-order chi connectivity index (χ0) is 13.7. The second-order valence-electron chi connectivity index (χ2n) is 3.85. The molecule has 0 heterocycles. The van der Waals surface area contributed by atoms with Gasteiger partial charge in [-0.25, -0.2) is 4.39 Å². The SMILES string of the molecule is CCCC(NC(=O)c1c(O)cccc1F)C(N)=S. The number of carbonyl (C=O) groups excluding carboxylic acids is 1. The van der Waals surface area contributed by atoms with Crippen LogP contribution in [0, 0.1) is 5.82 Å². The smallest absolute Gasteiger partial charge is 0.258 e. The Bertz CT molecular complexity index is 445. The molecule has 1 aromatic carbocycles. The van der Waals surface area contributed by atoms with Crippen LogP contribution in [0.2, 0.25) is 0 Å². The van der Waals surface area contributed by atoms with E-state index >= 15 is 0 Å². The van der Waals surface area contributed by atoms with Crippen LogP contribution in [0.15, 0.2) is 18.2 Å². The Morgan fingerprint density at radius 3 is 2.78 bits per heavy atom. The average molecular weight is 270 g/mol. The monoisotopic (exact) mass is 270 g/mol. The van der Waals surface area contributed by atoms with Gasteiger partial charge in [0.1, 0.15) is 17.1 Å². The first-order valence-corrected chi connectivity index (χ1v) is 5.95. The summed E-state index contributed by atoms with van der Waals surface area (Å²) in [6.07, 6.45) is 1.34. The summed E-state index contributed by atoms with van der Waals surface area (Å²) < 4.78 is 13.5. The van der Waals surface area contributed by atoms with Crippen molar-refractivity contribution in [2.75, 3.05) is 0 Å². The van der Waals surface area contributed by atoms with Gasteiger partial charge in [-0.3, -0.25) is 4.79 Å². The fourth-order valence-corrected chi connectivity index (χ4v) is 1.72. The van der Waals surface area contributed by atoms with Crippen molar-refractivity contribution in [3.8, 4) is 5.75 Å². The van der Waals surface area contributed by atoms with Crippen molar-refractivity contribution in [3.63, 3.8) is 0 Å². The lowest BCUT2D eigenvalue weighted by Gasteiger charge is -2.17. The van der Waals surface area contributed by atoms with Crippen molar-refractivity contribution in [3.05, 3.63) is 29.6 Å². The molecule has 1 rings (SSSR count). The Labute approximate surface area is 110 Å². The van der Waals surface area contributed by atoms with E-state index in [1.165, 1.54) is 12.1 Å². The Morgan fingerprint density at radius 1 is 1.61 bits per heavy atom. The number of carbonyl (C=O) groups is 1. The highest BCUT2D eigenvalue weighted by Crippen LogP contribution is 2.19. The summed E-state index contributed by atoms with van der Waals surface area (Å²) in [5.74, 6) is -1.92. The van der Waals surface area contributed by atoms with Gasteiger partial charge in [0.05, 0.1) is 11.0 Å². The van der Waals surface area contributed by atoms with E-state index < -0.39 is 29.1 Å². The molecule has 1 aromatic rings. The third-order valence-electron chi connectivity index (χ3n) is 2.44. The molecule has 0 aliphatic carbocycles. The molecule has 18 heavy (non-hydrogen) atoms. The van der Waals surface area contributed by atoms with Crippen LogP contribution in [0.3, 0.4) is 0 Å². The second kappa shape index (κ2) is 6.30. The van der Waals surface area contributed by atoms with Gasteiger partial charge in [-0.2, -0.15) is 0 Å². The van der Waals surface area contributed by atoms with Crippen molar-refractivity contribution in [2.24, 2.45) is 5.73 Å². The normalized spacial score (nSPS) is 11.9. The van der Waals surface area contributed by atoms with Gasteiger partial charge in [-0.1, -0.05) is 31.6 Å². The summed E-state index contributed by atoms with van der Waals surface area (Å²) in [5.41, 5.74) is 5.09. The lowest BCUT2D eigenvalue weighted by atomic mass is 10.1. The number of phenolic OH excluding ortho intramolecular Hbond substituents is 1. The Kier molecular flexibility index (Phi) is 5.03. The number of phenols is 1. The van der Waals surface area contributed by atoms with E-state index in [-0.39, 0.29) is 4.99 Å². The first-order chi connectivity index (χ1) is 8.47. The summed E-state index contributed by atoms with van der Waals surface area (Å²) in [7, 11) is 0. The Balaban J connectivity index is 2.90. The predicted octanol–water partition coefficient (Wildman–Crippen LogP) is 1.72. The number of hydrogen-bond donors (Lipinski definition) is 3. The molecule has 0 aromatic heterocycles. The number of amides is 1. The van der Waals surface area contributed by atoms with Crippen LogP contribution in [0.4, 0.5) is 4.39 Å². The molecule has 98 valence electrons. The minimum Gasteiger partial charge on any atom is -0.507 e. The van der Waals surface area contributed by atoms with Gasteiger partial charge in [-0.05, 0) is 18.6 Å². The van der Waals surface area contributed by atoms with Crippen molar-refractivity contribution >= 4 is 23.1 Å². The minimum atomic E-state index is -0.786. The lowest BCUT2D eigenvalue weighted by Crippen LogP contribution is -2.43. The third-order valence-corrected chi connectivity index (χ3v) is 2.73. The minimum absolute atomic E-state index is 0.140. The molecule has 0 saturated carbocycles. The maximum absolute atomic E-state index is 13.5. The zero-order valence-corrected chi connectivity index (χ0v) is 10.8. The molecule has 0 radical (unpaired) electrons. The first kappa shape index (κ1) is 14.4. The molecule has 1 amide bonds. The molecule has 0 aliphatic heterocycles. The van der Waals surface area contributed by atoms with Crippen molar-refractivity contribution in [1.29, 1.82) is 0 Å². The van der Waals surface area contributed by atoms with E-state index in [0.29, 0.717) is 6.42 Å². The van der Waals surface area contributed by atoms with Crippen LogP contribution in [-0.4, -0.2) is 22.0 Å². The zero-order valence-electron chi connectivity index (χ0n) is 9.94. The average Bonchev–Trinajstić information content (AvgIpc) is 2.28. The molecule has 1 unspecified atom stereocenters. The number of rotatable bonds is 5. The number of thiocarbonyl (C=S) groups is 1. The molecular formula is C12H15FN2O2S. The van der Waals surface area contributed by atoms with E-state index in [0.717, 1.165) is 12.5 Å². The van der Waals surface area contributed by atoms with Gasteiger partial charge in [0.15, 0.2) is 0 Å². The molecule has 0 saturated heterocycles. The number of hydrogen-bond acceptors (Lipinski definition) is 3. The van der Waals surface area contributed by atoms with Crippen LogP contribution in [0.5, 0.6) is 5.75 Å². The van der Waals surface area contributed by atoms with Crippen LogP contribution in [0.25, 0.3) is 0 Å². The number of benzene rings is 1. The third kappa shape index (κ3) is 3.40. The quantitative estimate of drug-likeness (QED) is 0.712. The summed E-state index contributed by atoms with van der Waals surface area (Å²) >= 11 is 4.82. The topological polar surface area (TPSA) is 75.3 Å². The summed E-state index contributed by atoms with van der Waals surface area (Å²) in [6.45, 7) is 1.91. The van der Waals surface area contributed by atoms with Gasteiger partial charge in [-0.15, -0.1) is 0 Å². The predicted molar refractivity (Wildman–Crippen MR) is 71.0 cm³/mol. The standard InChI is InChI=1S/C12H15FN2O2S/c1-2-4-8(11(14)18)15-12(17)10-7(13)5-3-6-9(10)16/h3,5-6,8,16H,2,4H2,1H3,(H2,14,18)(H,15,17). The molecule has 6 heteroatoms. The molecule has 0 bridgehead atoms.